The molecule has 1 aromatic heterocycles. The summed E-state index contributed by atoms with van der Waals surface area (Å²) in [6.45, 7) is 3.96. The van der Waals surface area contributed by atoms with Crippen LogP contribution in [0.25, 0.3) is 11.4 Å². The molecular formula is C17H16N4O. The van der Waals surface area contributed by atoms with Crippen LogP contribution in [0.4, 0.5) is 5.69 Å². The predicted octanol–water partition coefficient (Wildman–Crippen LogP) is 3.34. The highest BCUT2D eigenvalue weighted by atomic mass is 16.1. The summed E-state index contributed by atoms with van der Waals surface area (Å²) in [5.74, 6) is 0.500. The molecule has 3 aromatic rings. The largest absolute Gasteiger partial charge is 0.322 e. The van der Waals surface area contributed by atoms with Gasteiger partial charge in [-0.3, -0.25) is 9.89 Å². The summed E-state index contributed by atoms with van der Waals surface area (Å²) in [6, 6.07) is 13.2. The van der Waals surface area contributed by atoms with E-state index < -0.39 is 0 Å². The van der Waals surface area contributed by atoms with Crippen molar-refractivity contribution in [3.63, 3.8) is 0 Å². The molecule has 0 saturated heterocycles. The highest BCUT2D eigenvalue weighted by Gasteiger charge is 2.11. The summed E-state index contributed by atoms with van der Waals surface area (Å²) in [6.07, 6.45) is 1.44. The number of carbonyl (C=O) groups excluding carboxylic acids is 1. The van der Waals surface area contributed by atoms with Crippen LogP contribution in [-0.2, 0) is 0 Å². The number of aromatic nitrogens is 3. The van der Waals surface area contributed by atoms with Gasteiger partial charge < -0.3 is 5.32 Å². The second-order valence-corrected chi connectivity index (χ2v) is 5.14. The number of benzene rings is 2. The van der Waals surface area contributed by atoms with E-state index in [1.165, 1.54) is 6.33 Å². The van der Waals surface area contributed by atoms with Crippen molar-refractivity contribution >= 4 is 11.6 Å². The van der Waals surface area contributed by atoms with Crippen LogP contribution in [-0.4, -0.2) is 21.1 Å². The lowest BCUT2D eigenvalue weighted by Crippen LogP contribution is -2.13. The first-order chi connectivity index (χ1) is 10.6. The number of aromatic amines is 1. The third-order valence-electron chi connectivity index (χ3n) is 3.53. The molecule has 2 N–H and O–H groups in total. The van der Waals surface area contributed by atoms with Crippen LogP contribution < -0.4 is 5.32 Å². The zero-order valence-electron chi connectivity index (χ0n) is 12.4. The van der Waals surface area contributed by atoms with Crippen LogP contribution in [0.5, 0.6) is 0 Å². The van der Waals surface area contributed by atoms with Gasteiger partial charge in [-0.2, -0.15) is 5.10 Å². The van der Waals surface area contributed by atoms with Gasteiger partial charge in [-0.25, -0.2) is 4.98 Å². The second kappa shape index (κ2) is 5.81. The summed E-state index contributed by atoms with van der Waals surface area (Å²) < 4.78 is 0. The lowest BCUT2D eigenvalue weighted by atomic mass is 10.1. The van der Waals surface area contributed by atoms with E-state index in [2.05, 4.69) is 20.5 Å². The quantitative estimate of drug-likeness (QED) is 0.777. The van der Waals surface area contributed by atoms with Gasteiger partial charge >= 0.3 is 0 Å². The molecular weight excluding hydrogens is 276 g/mol. The number of aryl methyl sites for hydroxylation is 2. The lowest BCUT2D eigenvalue weighted by molar-refractivity contribution is 0.102. The molecule has 0 aliphatic carbocycles. The number of H-pyrrole nitrogens is 1. The summed E-state index contributed by atoms with van der Waals surface area (Å²) in [4.78, 5) is 16.6. The average Bonchev–Trinajstić information content (AvgIpc) is 3.05. The number of anilines is 1. The summed E-state index contributed by atoms with van der Waals surface area (Å²) in [5.41, 5.74) is 4.35. The molecule has 22 heavy (non-hydrogen) atoms. The number of hydrogen-bond acceptors (Lipinski definition) is 3. The van der Waals surface area contributed by atoms with E-state index in [4.69, 9.17) is 0 Å². The number of carbonyl (C=O) groups is 1. The number of rotatable bonds is 3. The van der Waals surface area contributed by atoms with Gasteiger partial charge in [0.05, 0.1) is 0 Å². The van der Waals surface area contributed by atoms with Gasteiger partial charge in [-0.1, -0.05) is 30.3 Å². The molecule has 0 saturated carbocycles. The lowest BCUT2D eigenvalue weighted by Gasteiger charge is -2.11. The standard InChI is InChI=1S/C17H16N4O/c1-11-5-3-6-12(2)15(11)20-17(22)14-8-4-7-13(9-14)16-18-10-19-21-16/h3-10H,1-2H3,(H,20,22)(H,18,19,21). The topological polar surface area (TPSA) is 70.7 Å². The Morgan fingerprint density at radius 1 is 1.09 bits per heavy atom. The number of nitrogens with zero attached hydrogens (tertiary/aromatic N) is 2. The molecule has 1 amide bonds. The molecule has 0 atom stereocenters. The molecule has 0 radical (unpaired) electrons. The Kier molecular flexibility index (Phi) is 3.70. The molecule has 110 valence electrons. The van der Waals surface area contributed by atoms with Crippen molar-refractivity contribution in [1.29, 1.82) is 0 Å². The van der Waals surface area contributed by atoms with Crippen molar-refractivity contribution in [1.82, 2.24) is 15.2 Å². The maximum atomic E-state index is 12.5. The minimum atomic E-state index is -0.140. The molecule has 3 rings (SSSR count). The first-order valence-electron chi connectivity index (χ1n) is 6.98. The van der Waals surface area contributed by atoms with Crippen LogP contribution >= 0.6 is 0 Å². The highest BCUT2D eigenvalue weighted by Crippen LogP contribution is 2.21. The monoisotopic (exact) mass is 292 g/mol. The SMILES string of the molecule is Cc1cccc(C)c1NC(=O)c1cccc(-c2ncn[nH]2)c1. The number of amides is 1. The second-order valence-electron chi connectivity index (χ2n) is 5.14. The highest BCUT2D eigenvalue weighted by molar-refractivity contribution is 6.05. The number of nitrogens with one attached hydrogen (secondary N) is 2. The van der Waals surface area contributed by atoms with Crippen molar-refractivity contribution < 1.29 is 4.79 Å². The average molecular weight is 292 g/mol. The molecule has 1 heterocycles. The van der Waals surface area contributed by atoms with E-state index >= 15 is 0 Å². The zero-order chi connectivity index (χ0) is 15.5. The molecule has 0 unspecified atom stereocenters. The van der Waals surface area contributed by atoms with Crippen molar-refractivity contribution in [2.45, 2.75) is 13.8 Å². The van der Waals surface area contributed by atoms with Gasteiger partial charge in [0, 0.05) is 16.8 Å². The third kappa shape index (κ3) is 2.74. The summed E-state index contributed by atoms with van der Waals surface area (Å²) in [5, 5.41) is 9.60. The number of para-hydroxylation sites is 1. The fraction of sp³-hybridized carbons (Fsp3) is 0.118. The summed E-state index contributed by atoms with van der Waals surface area (Å²) >= 11 is 0. The van der Waals surface area contributed by atoms with Gasteiger partial charge in [-0.05, 0) is 37.1 Å². The fourth-order valence-electron chi connectivity index (χ4n) is 2.35. The predicted molar refractivity (Wildman–Crippen MR) is 85.7 cm³/mol. The Morgan fingerprint density at radius 2 is 1.82 bits per heavy atom. The molecule has 5 nitrogen and oxygen atoms in total. The van der Waals surface area contributed by atoms with Crippen molar-refractivity contribution in [2.75, 3.05) is 5.32 Å². The van der Waals surface area contributed by atoms with Gasteiger partial charge in [0.1, 0.15) is 6.33 Å². The van der Waals surface area contributed by atoms with Gasteiger partial charge in [-0.15, -0.1) is 0 Å². The van der Waals surface area contributed by atoms with E-state index in [1.807, 2.05) is 44.2 Å². The Hall–Kier alpha value is -2.95. The van der Waals surface area contributed by atoms with E-state index in [0.29, 0.717) is 11.4 Å². The maximum Gasteiger partial charge on any atom is 0.255 e. The molecule has 0 spiro atoms. The Bertz CT molecular complexity index is 789. The third-order valence-corrected chi connectivity index (χ3v) is 3.53. The minimum absolute atomic E-state index is 0.140. The van der Waals surface area contributed by atoms with Crippen molar-refractivity contribution in [3.8, 4) is 11.4 Å². The molecule has 0 fully saturated rings. The van der Waals surface area contributed by atoms with Crippen LogP contribution in [0.15, 0.2) is 48.8 Å². The van der Waals surface area contributed by atoms with Crippen LogP contribution in [0.1, 0.15) is 21.5 Å². The number of hydrogen-bond donors (Lipinski definition) is 2. The normalized spacial score (nSPS) is 10.5. The van der Waals surface area contributed by atoms with Crippen LogP contribution in [0.3, 0.4) is 0 Å². The molecule has 0 aliphatic rings. The van der Waals surface area contributed by atoms with Crippen LogP contribution in [0, 0.1) is 13.8 Å². The maximum absolute atomic E-state index is 12.5. The smallest absolute Gasteiger partial charge is 0.255 e. The first kappa shape index (κ1) is 14.0. The van der Waals surface area contributed by atoms with Gasteiger partial charge in [0.2, 0.25) is 0 Å². The molecule has 0 aliphatic heterocycles. The van der Waals surface area contributed by atoms with Crippen molar-refractivity contribution in [3.05, 3.63) is 65.5 Å². The molecule has 2 aromatic carbocycles. The molecule has 0 bridgehead atoms. The van der Waals surface area contributed by atoms with Crippen molar-refractivity contribution in [2.24, 2.45) is 0 Å². The van der Waals surface area contributed by atoms with Gasteiger partial charge in [0.25, 0.3) is 5.91 Å². The fourth-order valence-corrected chi connectivity index (χ4v) is 2.35. The van der Waals surface area contributed by atoms with E-state index in [0.717, 1.165) is 22.4 Å². The zero-order valence-corrected chi connectivity index (χ0v) is 12.4. The van der Waals surface area contributed by atoms with E-state index in [-0.39, 0.29) is 5.91 Å². The minimum Gasteiger partial charge on any atom is -0.322 e. The van der Waals surface area contributed by atoms with E-state index in [1.54, 1.807) is 12.1 Å². The molecule has 5 heteroatoms. The Labute approximate surface area is 128 Å². The Morgan fingerprint density at radius 3 is 2.50 bits per heavy atom. The summed E-state index contributed by atoms with van der Waals surface area (Å²) in [7, 11) is 0. The Balaban J connectivity index is 1.88. The van der Waals surface area contributed by atoms with E-state index in [9.17, 15) is 4.79 Å². The first-order valence-corrected chi connectivity index (χ1v) is 6.98. The van der Waals surface area contributed by atoms with Crippen LogP contribution in [0.2, 0.25) is 0 Å². The van der Waals surface area contributed by atoms with Gasteiger partial charge in [0.15, 0.2) is 5.82 Å².